The molecular formula is C22H32F2N6O2. The van der Waals surface area contributed by atoms with Gasteiger partial charge in [0.25, 0.3) is 5.92 Å². The molecule has 4 rings (SSSR count). The van der Waals surface area contributed by atoms with Crippen molar-refractivity contribution >= 4 is 18.0 Å². The van der Waals surface area contributed by atoms with E-state index in [9.17, 15) is 18.4 Å². The lowest BCUT2D eigenvalue weighted by Crippen LogP contribution is -2.44. The number of nitrogens with two attached hydrogens (primary N) is 1. The Bertz CT molecular complexity index is 911. The molecule has 1 saturated heterocycles. The largest absolute Gasteiger partial charge is 0.351 e. The summed E-state index contributed by atoms with van der Waals surface area (Å²) in [6.45, 7) is -0.381. The van der Waals surface area contributed by atoms with E-state index < -0.39 is 18.5 Å². The molecule has 1 atom stereocenters. The van der Waals surface area contributed by atoms with Gasteiger partial charge in [0.2, 0.25) is 12.3 Å². The number of amides is 2. The molecule has 2 amide bonds. The summed E-state index contributed by atoms with van der Waals surface area (Å²) in [4.78, 5) is 28.6. The van der Waals surface area contributed by atoms with Gasteiger partial charge in [0.15, 0.2) is 5.65 Å². The maximum absolute atomic E-state index is 13.3. The predicted octanol–water partition coefficient (Wildman–Crippen LogP) is 2.29. The van der Waals surface area contributed by atoms with Crippen LogP contribution in [0.25, 0.3) is 5.65 Å². The van der Waals surface area contributed by atoms with E-state index in [1.54, 1.807) is 24.9 Å². The van der Waals surface area contributed by atoms with Crippen LogP contribution < -0.4 is 5.73 Å². The second-order valence-electron chi connectivity index (χ2n) is 9.02. The van der Waals surface area contributed by atoms with Crippen LogP contribution in [-0.4, -0.2) is 75.9 Å². The average molecular weight is 451 g/mol. The van der Waals surface area contributed by atoms with Crippen molar-refractivity contribution in [3.8, 4) is 0 Å². The van der Waals surface area contributed by atoms with E-state index in [0.29, 0.717) is 18.3 Å². The monoisotopic (exact) mass is 450 g/mol. The summed E-state index contributed by atoms with van der Waals surface area (Å²) in [5.74, 6) is -2.25. The smallest absolute Gasteiger partial charge is 0.267 e. The number of likely N-dealkylation sites (tertiary alicyclic amines) is 1. The molecule has 2 aromatic rings. The highest BCUT2D eigenvalue weighted by atomic mass is 19.3. The quantitative estimate of drug-likeness (QED) is 0.705. The number of alkyl halides is 2. The van der Waals surface area contributed by atoms with Crippen LogP contribution in [0.1, 0.15) is 50.0 Å². The van der Waals surface area contributed by atoms with Gasteiger partial charge < -0.3 is 15.5 Å². The number of hydrogen-bond acceptors (Lipinski definition) is 5. The summed E-state index contributed by atoms with van der Waals surface area (Å²) in [5, 5.41) is 4.19. The molecule has 0 unspecified atom stereocenters. The van der Waals surface area contributed by atoms with Crippen LogP contribution in [0.2, 0.25) is 0 Å². The zero-order valence-corrected chi connectivity index (χ0v) is 18.7. The van der Waals surface area contributed by atoms with E-state index in [0.717, 1.165) is 37.7 Å². The summed E-state index contributed by atoms with van der Waals surface area (Å²) in [6, 6.07) is 3.42. The third-order valence-corrected chi connectivity index (χ3v) is 6.21. The van der Waals surface area contributed by atoms with Crippen molar-refractivity contribution in [2.75, 3.05) is 27.2 Å². The van der Waals surface area contributed by atoms with Crippen molar-refractivity contribution in [3.05, 3.63) is 30.2 Å². The first-order valence-corrected chi connectivity index (χ1v) is 11.0. The summed E-state index contributed by atoms with van der Waals surface area (Å²) < 4.78 is 28.4. The van der Waals surface area contributed by atoms with E-state index >= 15 is 0 Å². The lowest BCUT2D eigenvalue weighted by Gasteiger charge is -2.31. The normalized spacial score (nSPS) is 23.3. The zero-order chi connectivity index (χ0) is 23.3. The van der Waals surface area contributed by atoms with E-state index in [-0.39, 0.29) is 18.9 Å². The minimum absolute atomic E-state index is 0.108. The van der Waals surface area contributed by atoms with Crippen LogP contribution >= 0.6 is 0 Å². The standard InChI is InChI=1S/C19H25F2N5O.C3H7NO/c20-19(21)7-8-25(11-19)18(27)16(22)9-13-1-3-14(4-2-13)15-5-6-17-23-12-24-26(17)10-15;1-4(2)3-5/h5-6,10,12-14,16H,1-4,7-9,11,22H2;3H,1-2H3/t13?,14?,16-;/m0./s1. The molecule has 3 heterocycles. The van der Waals surface area contributed by atoms with E-state index in [4.69, 9.17) is 5.73 Å². The molecule has 2 aliphatic rings. The molecule has 0 radical (unpaired) electrons. The van der Waals surface area contributed by atoms with Gasteiger partial charge in [-0.25, -0.2) is 18.3 Å². The number of hydrogen-bond donors (Lipinski definition) is 1. The van der Waals surface area contributed by atoms with Crippen LogP contribution in [0.5, 0.6) is 0 Å². The molecule has 2 N–H and O–H groups in total. The molecule has 1 aliphatic carbocycles. The molecule has 1 saturated carbocycles. The fraction of sp³-hybridized carbons (Fsp3) is 0.636. The van der Waals surface area contributed by atoms with Gasteiger partial charge in [-0.2, -0.15) is 5.10 Å². The number of pyridine rings is 1. The van der Waals surface area contributed by atoms with Gasteiger partial charge in [0.1, 0.15) is 6.33 Å². The van der Waals surface area contributed by atoms with Gasteiger partial charge in [-0.3, -0.25) is 9.59 Å². The SMILES string of the molecule is CN(C)C=O.N[C@@H](CC1CCC(c2ccc3ncnn3c2)CC1)C(=O)N1CCC(F)(F)C1. The van der Waals surface area contributed by atoms with E-state index in [1.165, 1.54) is 15.4 Å². The van der Waals surface area contributed by atoms with Crippen molar-refractivity contribution in [2.24, 2.45) is 11.7 Å². The van der Waals surface area contributed by atoms with Gasteiger partial charge in [-0.15, -0.1) is 0 Å². The van der Waals surface area contributed by atoms with Crippen LogP contribution in [0.15, 0.2) is 24.7 Å². The fourth-order valence-corrected chi connectivity index (χ4v) is 4.42. The summed E-state index contributed by atoms with van der Waals surface area (Å²) in [6.07, 6.45) is 8.72. The first-order chi connectivity index (χ1) is 15.2. The van der Waals surface area contributed by atoms with E-state index in [1.807, 2.05) is 12.3 Å². The lowest BCUT2D eigenvalue weighted by molar-refractivity contribution is -0.133. The minimum atomic E-state index is -2.77. The zero-order valence-electron chi connectivity index (χ0n) is 18.7. The molecule has 0 aromatic carbocycles. The highest BCUT2D eigenvalue weighted by molar-refractivity contribution is 5.82. The third-order valence-electron chi connectivity index (χ3n) is 6.21. The molecule has 32 heavy (non-hydrogen) atoms. The maximum Gasteiger partial charge on any atom is 0.267 e. The predicted molar refractivity (Wildman–Crippen MR) is 116 cm³/mol. The Kier molecular flexibility index (Phi) is 7.76. The van der Waals surface area contributed by atoms with Gasteiger partial charge >= 0.3 is 0 Å². The van der Waals surface area contributed by atoms with Crippen molar-refractivity contribution in [3.63, 3.8) is 0 Å². The van der Waals surface area contributed by atoms with E-state index in [2.05, 4.69) is 16.1 Å². The molecule has 176 valence electrons. The van der Waals surface area contributed by atoms with Crippen LogP contribution in [-0.2, 0) is 9.59 Å². The lowest BCUT2D eigenvalue weighted by atomic mass is 9.77. The minimum Gasteiger partial charge on any atom is -0.351 e. The summed E-state index contributed by atoms with van der Waals surface area (Å²) in [7, 11) is 3.38. The number of carbonyl (C=O) groups is 2. The van der Waals surface area contributed by atoms with Gasteiger partial charge in [0, 0.05) is 33.3 Å². The van der Waals surface area contributed by atoms with Crippen molar-refractivity contribution in [1.82, 2.24) is 24.4 Å². The number of rotatable bonds is 5. The Balaban J connectivity index is 0.000000523. The van der Waals surface area contributed by atoms with Crippen LogP contribution in [0, 0.1) is 5.92 Å². The molecule has 10 heteroatoms. The van der Waals surface area contributed by atoms with Gasteiger partial charge in [-0.1, -0.05) is 6.07 Å². The van der Waals surface area contributed by atoms with Crippen molar-refractivity contribution in [1.29, 1.82) is 0 Å². The van der Waals surface area contributed by atoms with Crippen LogP contribution in [0.3, 0.4) is 0 Å². The Labute approximate surface area is 186 Å². The Morgan fingerprint density at radius 2 is 2.00 bits per heavy atom. The molecule has 1 aliphatic heterocycles. The Hall–Kier alpha value is -2.62. The Morgan fingerprint density at radius 3 is 2.59 bits per heavy atom. The van der Waals surface area contributed by atoms with Crippen LogP contribution in [0.4, 0.5) is 8.78 Å². The molecule has 2 fully saturated rings. The maximum atomic E-state index is 13.3. The highest BCUT2D eigenvalue weighted by Gasteiger charge is 2.41. The first kappa shape index (κ1) is 24.0. The number of aromatic nitrogens is 3. The average Bonchev–Trinajstić information content (AvgIpc) is 3.39. The number of nitrogens with zero attached hydrogens (tertiary/aromatic N) is 5. The topological polar surface area (TPSA) is 96.8 Å². The van der Waals surface area contributed by atoms with Crippen molar-refractivity contribution in [2.45, 2.75) is 56.4 Å². The Morgan fingerprint density at radius 1 is 1.31 bits per heavy atom. The molecular weight excluding hydrogens is 418 g/mol. The molecule has 2 aromatic heterocycles. The third kappa shape index (κ3) is 6.21. The molecule has 0 spiro atoms. The summed E-state index contributed by atoms with van der Waals surface area (Å²) >= 11 is 0. The number of carbonyl (C=O) groups excluding carboxylic acids is 2. The van der Waals surface area contributed by atoms with Gasteiger partial charge in [-0.05, 0) is 55.6 Å². The fourth-order valence-electron chi connectivity index (χ4n) is 4.42. The number of halogens is 2. The number of fused-ring (bicyclic) bond motifs is 1. The summed E-state index contributed by atoms with van der Waals surface area (Å²) in [5.41, 5.74) is 8.15. The molecule has 0 bridgehead atoms. The highest BCUT2D eigenvalue weighted by Crippen LogP contribution is 2.37. The second-order valence-corrected chi connectivity index (χ2v) is 9.02. The van der Waals surface area contributed by atoms with Crippen molar-refractivity contribution < 1.29 is 18.4 Å². The first-order valence-electron chi connectivity index (χ1n) is 11.0. The second kappa shape index (κ2) is 10.3. The molecule has 8 nitrogen and oxygen atoms in total. The van der Waals surface area contributed by atoms with Gasteiger partial charge in [0.05, 0.1) is 12.6 Å².